The van der Waals surface area contributed by atoms with E-state index in [2.05, 4.69) is 30.9 Å². The Morgan fingerprint density at radius 3 is 2.45 bits per heavy atom. The summed E-state index contributed by atoms with van der Waals surface area (Å²) in [7, 11) is 0. The van der Waals surface area contributed by atoms with Gasteiger partial charge in [0.05, 0.1) is 24.0 Å². The molecular formula is C24H22ClN3O. The van der Waals surface area contributed by atoms with Crippen molar-refractivity contribution < 1.29 is 4.79 Å². The van der Waals surface area contributed by atoms with Crippen molar-refractivity contribution in [1.82, 2.24) is 14.6 Å². The van der Waals surface area contributed by atoms with Crippen LogP contribution in [0.5, 0.6) is 0 Å². The van der Waals surface area contributed by atoms with Gasteiger partial charge in [-0.3, -0.25) is 4.79 Å². The summed E-state index contributed by atoms with van der Waals surface area (Å²) in [6, 6.07) is 19.2. The van der Waals surface area contributed by atoms with Crippen LogP contribution in [0, 0.1) is 0 Å². The van der Waals surface area contributed by atoms with E-state index >= 15 is 0 Å². The highest BCUT2D eigenvalue weighted by Crippen LogP contribution is 2.28. The molecule has 0 unspecified atom stereocenters. The molecule has 146 valence electrons. The normalized spacial score (nSPS) is 11.7. The van der Waals surface area contributed by atoms with Crippen LogP contribution in [0.25, 0.3) is 16.9 Å². The highest BCUT2D eigenvalue weighted by Gasteiger charge is 2.16. The fourth-order valence-corrected chi connectivity index (χ4v) is 3.57. The first-order valence-electron chi connectivity index (χ1n) is 9.55. The van der Waals surface area contributed by atoms with Gasteiger partial charge in [0.1, 0.15) is 0 Å². The van der Waals surface area contributed by atoms with Crippen LogP contribution in [0.3, 0.4) is 0 Å². The van der Waals surface area contributed by atoms with E-state index in [0.29, 0.717) is 21.9 Å². The summed E-state index contributed by atoms with van der Waals surface area (Å²) in [4.78, 5) is 17.5. The number of fused-ring (bicyclic) bond motifs is 1. The fourth-order valence-electron chi connectivity index (χ4n) is 3.34. The molecule has 0 spiro atoms. The summed E-state index contributed by atoms with van der Waals surface area (Å²) < 4.78 is 1.74. The predicted octanol–water partition coefficient (Wildman–Crippen LogP) is 5.77. The number of hydrogen-bond donors (Lipinski definition) is 0. The second kappa shape index (κ2) is 7.45. The lowest BCUT2D eigenvalue weighted by Gasteiger charge is -2.19. The molecule has 0 aliphatic carbocycles. The maximum atomic E-state index is 12.9. The van der Waals surface area contributed by atoms with Crippen LogP contribution in [0.1, 0.15) is 42.4 Å². The standard InChI is InChI=1S/C24H22ClN3O/c1-24(2,3)17-10-8-16(9-11-17)22(29)15-18-14-21(19-6-4-5-7-20(19)25)28-23(27-18)12-13-26-28/h4-14H,15H2,1-3H3. The Morgan fingerprint density at radius 1 is 1.03 bits per heavy atom. The van der Waals surface area contributed by atoms with Gasteiger partial charge in [-0.25, -0.2) is 9.50 Å². The number of hydrogen-bond acceptors (Lipinski definition) is 3. The first-order valence-corrected chi connectivity index (χ1v) is 9.93. The molecular weight excluding hydrogens is 382 g/mol. The molecule has 4 aromatic rings. The van der Waals surface area contributed by atoms with Gasteiger partial charge in [0.15, 0.2) is 11.4 Å². The van der Waals surface area contributed by atoms with Crippen LogP contribution < -0.4 is 0 Å². The largest absolute Gasteiger partial charge is 0.294 e. The smallest absolute Gasteiger partial charge is 0.168 e. The third-order valence-corrected chi connectivity index (χ3v) is 5.31. The SMILES string of the molecule is CC(C)(C)c1ccc(C(=O)Cc2cc(-c3ccccc3Cl)n3nccc3n2)cc1. The van der Waals surface area contributed by atoms with Crippen molar-refractivity contribution in [3.8, 4) is 11.3 Å². The minimum Gasteiger partial charge on any atom is -0.294 e. The van der Waals surface area contributed by atoms with E-state index in [1.807, 2.05) is 60.7 Å². The first kappa shape index (κ1) is 19.3. The van der Waals surface area contributed by atoms with Crippen molar-refractivity contribution in [2.75, 3.05) is 0 Å². The Labute approximate surface area is 175 Å². The average Bonchev–Trinajstić information content (AvgIpc) is 3.16. The molecule has 4 rings (SSSR count). The second-order valence-electron chi connectivity index (χ2n) is 8.14. The Kier molecular flexibility index (Phi) is 4.97. The van der Waals surface area contributed by atoms with E-state index in [4.69, 9.17) is 11.6 Å². The number of ketones is 1. The van der Waals surface area contributed by atoms with E-state index in [9.17, 15) is 4.79 Å². The highest BCUT2D eigenvalue weighted by molar-refractivity contribution is 6.33. The van der Waals surface area contributed by atoms with Gasteiger partial charge >= 0.3 is 0 Å². The van der Waals surface area contributed by atoms with Crippen LogP contribution in [0.15, 0.2) is 66.9 Å². The van der Waals surface area contributed by atoms with Gasteiger partial charge in [-0.1, -0.05) is 74.8 Å². The zero-order valence-corrected chi connectivity index (χ0v) is 17.4. The number of carbonyl (C=O) groups is 1. The molecule has 0 N–H and O–H groups in total. The van der Waals surface area contributed by atoms with Crippen LogP contribution in [-0.2, 0) is 11.8 Å². The van der Waals surface area contributed by atoms with Gasteiger partial charge in [0.25, 0.3) is 0 Å². The molecule has 5 heteroatoms. The summed E-state index contributed by atoms with van der Waals surface area (Å²) in [6.45, 7) is 6.47. The number of Topliss-reactive ketones (excluding diaryl/α,β-unsaturated/α-hetero) is 1. The molecule has 0 atom stereocenters. The highest BCUT2D eigenvalue weighted by atomic mass is 35.5. The number of benzene rings is 2. The van der Waals surface area contributed by atoms with Gasteiger partial charge in [-0.2, -0.15) is 5.10 Å². The van der Waals surface area contributed by atoms with Gasteiger partial charge in [0.2, 0.25) is 0 Å². The number of aromatic nitrogens is 3. The quantitative estimate of drug-likeness (QED) is 0.406. The second-order valence-corrected chi connectivity index (χ2v) is 8.55. The van der Waals surface area contributed by atoms with Crippen molar-refractivity contribution in [2.24, 2.45) is 0 Å². The van der Waals surface area contributed by atoms with Crippen LogP contribution in [-0.4, -0.2) is 20.4 Å². The number of nitrogens with zero attached hydrogens (tertiary/aromatic N) is 3. The minimum absolute atomic E-state index is 0.0342. The van der Waals surface area contributed by atoms with Crippen LogP contribution in [0.4, 0.5) is 0 Å². The molecule has 0 fully saturated rings. The van der Waals surface area contributed by atoms with Crippen molar-refractivity contribution in [1.29, 1.82) is 0 Å². The zero-order valence-electron chi connectivity index (χ0n) is 16.7. The number of rotatable bonds is 4. The summed E-state index contributed by atoms with van der Waals surface area (Å²) in [5.74, 6) is 0.0342. The minimum atomic E-state index is 0.0342. The third-order valence-electron chi connectivity index (χ3n) is 4.98. The van der Waals surface area contributed by atoms with Crippen molar-refractivity contribution >= 4 is 23.0 Å². The summed E-state index contributed by atoms with van der Waals surface area (Å²) >= 11 is 6.40. The van der Waals surface area contributed by atoms with Gasteiger partial charge in [-0.05, 0) is 23.1 Å². The molecule has 29 heavy (non-hydrogen) atoms. The maximum Gasteiger partial charge on any atom is 0.168 e. The van der Waals surface area contributed by atoms with Gasteiger partial charge in [0, 0.05) is 22.2 Å². The molecule has 0 aliphatic heterocycles. The average molecular weight is 404 g/mol. The molecule has 0 radical (unpaired) electrons. The topological polar surface area (TPSA) is 47.3 Å². The van der Waals surface area contributed by atoms with Crippen LogP contribution in [0.2, 0.25) is 5.02 Å². The molecule has 2 aromatic heterocycles. The van der Waals surface area contributed by atoms with E-state index in [1.54, 1.807) is 10.7 Å². The monoisotopic (exact) mass is 403 g/mol. The zero-order chi connectivity index (χ0) is 20.6. The van der Waals surface area contributed by atoms with E-state index in [0.717, 1.165) is 11.3 Å². The summed E-state index contributed by atoms with van der Waals surface area (Å²) in [5.41, 5.74) is 5.00. The number of carbonyl (C=O) groups excluding carboxylic acids is 1. The molecule has 0 amide bonds. The molecule has 2 aromatic carbocycles. The van der Waals surface area contributed by atoms with Gasteiger partial charge < -0.3 is 0 Å². The molecule has 0 aliphatic rings. The molecule has 0 bridgehead atoms. The van der Waals surface area contributed by atoms with Crippen LogP contribution >= 0.6 is 11.6 Å². The Balaban J connectivity index is 1.68. The fraction of sp³-hybridized carbons (Fsp3) is 0.208. The van der Waals surface area contributed by atoms with E-state index in [1.165, 1.54) is 5.56 Å². The predicted molar refractivity (Wildman–Crippen MR) is 117 cm³/mol. The van der Waals surface area contributed by atoms with E-state index in [-0.39, 0.29) is 17.6 Å². The lowest BCUT2D eigenvalue weighted by molar-refractivity contribution is 0.0992. The Hall–Kier alpha value is -2.98. The van der Waals surface area contributed by atoms with Crippen molar-refractivity contribution in [3.63, 3.8) is 0 Å². The molecule has 4 nitrogen and oxygen atoms in total. The van der Waals surface area contributed by atoms with E-state index < -0.39 is 0 Å². The molecule has 2 heterocycles. The summed E-state index contributed by atoms with van der Waals surface area (Å²) in [5, 5.41) is 4.99. The first-order chi connectivity index (χ1) is 13.8. The lowest BCUT2D eigenvalue weighted by atomic mass is 9.86. The Morgan fingerprint density at radius 2 is 1.76 bits per heavy atom. The lowest BCUT2D eigenvalue weighted by Crippen LogP contribution is -2.12. The number of halogens is 1. The van der Waals surface area contributed by atoms with Crippen molar-refractivity contribution in [2.45, 2.75) is 32.6 Å². The van der Waals surface area contributed by atoms with Gasteiger partial charge in [-0.15, -0.1) is 0 Å². The maximum absolute atomic E-state index is 12.9. The molecule has 0 saturated carbocycles. The third kappa shape index (κ3) is 3.94. The Bertz CT molecular complexity index is 1190. The molecule has 0 saturated heterocycles. The van der Waals surface area contributed by atoms with Crippen molar-refractivity contribution in [3.05, 3.63) is 88.7 Å². The summed E-state index contributed by atoms with van der Waals surface area (Å²) in [6.07, 6.45) is 1.91.